The van der Waals surface area contributed by atoms with Gasteiger partial charge >= 0.3 is 0 Å². The molecule has 4 aromatic rings. The summed E-state index contributed by atoms with van der Waals surface area (Å²) in [6.07, 6.45) is 9.55. The molecular formula is C28H26N4O2. The van der Waals surface area contributed by atoms with Crippen molar-refractivity contribution in [2.75, 3.05) is 6.54 Å². The minimum Gasteiger partial charge on any atom is -0.356 e. The number of aromatic nitrogens is 2. The zero-order valence-corrected chi connectivity index (χ0v) is 19.1. The molecule has 1 N–H and O–H groups in total. The maximum absolute atomic E-state index is 13.0. The Hall–Kier alpha value is -4.24. The molecule has 0 saturated carbocycles. The summed E-state index contributed by atoms with van der Waals surface area (Å²) >= 11 is 0. The summed E-state index contributed by atoms with van der Waals surface area (Å²) in [7, 11) is 0. The lowest BCUT2D eigenvalue weighted by atomic mass is 10.00. The number of unbranched alkanes of at least 4 members (excludes halogenated alkanes) is 1. The summed E-state index contributed by atoms with van der Waals surface area (Å²) in [6.45, 7) is 2.32. The number of allylic oxidation sites excluding steroid dienone is 1. The second-order valence-electron chi connectivity index (χ2n) is 8.14. The van der Waals surface area contributed by atoms with E-state index in [1.165, 1.54) is 0 Å². The van der Waals surface area contributed by atoms with Crippen molar-refractivity contribution < 1.29 is 9.59 Å². The number of nitrogens with zero attached hydrogens (tertiary/aromatic N) is 3. The third kappa shape index (κ3) is 4.89. The first-order valence-electron chi connectivity index (χ1n) is 11.5. The van der Waals surface area contributed by atoms with Gasteiger partial charge in [-0.05, 0) is 35.6 Å². The molecule has 6 nitrogen and oxygen atoms in total. The molecule has 0 unspecified atom stereocenters. The lowest BCUT2D eigenvalue weighted by Gasteiger charge is -2.06. The number of hydrogen-bond donors (Lipinski definition) is 1. The van der Waals surface area contributed by atoms with Gasteiger partial charge in [-0.2, -0.15) is 5.26 Å². The van der Waals surface area contributed by atoms with Crippen LogP contribution in [-0.4, -0.2) is 27.9 Å². The zero-order chi connectivity index (χ0) is 23.9. The molecule has 0 saturated heterocycles. The van der Waals surface area contributed by atoms with Gasteiger partial charge in [0.1, 0.15) is 0 Å². The van der Waals surface area contributed by atoms with E-state index < -0.39 is 0 Å². The molecule has 2 aromatic heterocycles. The quantitative estimate of drug-likeness (QED) is 0.355. The van der Waals surface area contributed by atoms with E-state index in [0.717, 1.165) is 40.1 Å². The Balaban J connectivity index is 1.66. The van der Waals surface area contributed by atoms with Crippen LogP contribution >= 0.6 is 0 Å². The molecule has 2 aromatic carbocycles. The number of rotatable bonds is 8. The van der Waals surface area contributed by atoms with Crippen LogP contribution in [0.3, 0.4) is 0 Å². The van der Waals surface area contributed by atoms with Crippen molar-refractivity contribution in [3.63, 3.8) is 0 Å². The van der Waals surface area contributed by atoms with E-state index in [1.807, 2.05) is 61.5 Å². The van der Waals surface area contributed by atoms with Gasteiger partial charge in [0.05, 0.1) is 17.2 Å². The number of para-hydroxylation sites is 1. The maximum atomic E-state index is 13.0. The maximum Gasteiger partial charge on any atom is 0.232 e. The minimum atomic E-state index is -0.133. The van der Waals surface area contributed by atoms with Crippen molar-refractivity contribution in [1.82, 2.24) is 14.9 Å². The molecule has 6 heteroatoms. The first-order valence-corrected chi connectivity index (χ1v) is 11.5. The summed E-state index contributed by atoms with van der Waals surface area (Å²) in [6, 6.07) is 17.7. The Labute approximate surface area is 198 Å². The van der Waals surface area contributed by atoms with Crippen LogP contribution in [0.25, 0.3) is 33.3 Å². The highest BCUT2D eigenvalue weighted by molar-refractivity contribution is 6.06. The van der Waals surface area contributed by atoms with E-state index in [2.05, 4.69) is 16.4 Å². The fraction of sp³-hybridized carbons (Fsp3) is 0.214. The van der Waals surface area contributed by atoms with Crippen LogP contribution in [0.4, 0.5) is 0 Å². The summed E-state index contributed by atoms with van der Waals surface area (Å²) in [5.74, 6) is -0.167. The molecule has 0 fully saturated rings. The van der Waals surface area contributed by atoms with Crippen molar-refractivity contribution in [3.8, 4) is 6.07 Å². The molecule has 4 rings (SSSR count). The monoisotopic (exact) mass is 450 g/mol. The summed E-state index contributed by atoms with van der Waals surface area (Å²) in [5, 5.41) is 15.7. The van der Waals surface area contributed by atoms with Crippen LogP contribution in [0.15, 0.2) is 67.1 Å². The largest absolute Gasteiger partial charge is 0.356 e. The topological polar surface area (TPSA) is 87.8 Å². The van der Waals surface area contributed by atoms with Gasteiger partial charge in [-0.1, -0.05) is 49.7 Å². The number of pyridine rings is 1. The van der Waals surface area contributed by atoms with Crippen LogP contribution in [0, 0.1) is 11.3 Å². The highest BCUT2D eigenvalue weighted by Gasteiger charge is 2.16. The number of nitriles is 1. The molecule has 0 bridgehead atoms. The average Bonchev–Trinajstić information content (AvgIpc) is 3.25. The highest BCUT2D eigenvalue weighted by Crippen LogP contribution is 2.30. The van der Waals surface area contributed by atoms with E-state index in [-0.39, 0.29) is 24.8 Å². The minimum absolute atomic E-state index is 0.0345. The van der Waals surface area contributed by atoms with E-state index >= 15 is 0 Å². The second-order valence-corrected chi connectivity index (χ2v) is 8.14. The van der Waals surface area contributed by atoms with Gasteiger partial charge in [0.15, 0.2) is 0 Å². The Morgan fingerprint density at radius 2 is 1.94 bits per heavy atom. The second kappa shape index (κ2) is 10.6. The van der Waals surface area contributed by atoms with E-state index in [0.29, 0.717) is 17.6 Å². The molecule has 0 aliphatic heterocycles. The predicted molar refractivity (Wildman–Crippen MR) is 135 cm³/mol. The SMILES string of the molecule is CCCCC(=O)NCCC(=O)n1cc(/C(C#N)=C/c2cccc3cnccc23)c2ccccc21. The molecule has 1 amide bonds. The number of carbonyl (C=O) groups is 2. The van der Waals surface area contributed by atoms with Crippen LogP contribution in [0.5, 0.6) is 0 Å². The molecule has 0 spiro atoms. The summed E-state index contributed by atoms with van der Waals surface area (Å²) in [5.41, 5.74) is 2.82. The van der Waals surface area contributed by atoms with E-state index in [4.69, 9.17) is 0 Å². The molecule has 0 atom stereocenters. The van der Waals surface area contributed by atoms with E-state index in [1.54, 1.807) is 23.2 Å². The normalized spacial score (nSPS) is 11.5. The average molecular weight is 451 g/mol. The van der Waals surface area contributed by atoms with Gasteiger partial charge in [0.25, 0.3) is 0 Å². The first-order chi connectivity index (χ1) is 16.6. The molecule has 170 valence electrons. The van der Waals surface area contributed by atoms with Crippen LogP contribution in [0.1, 0.15) is 48.5 Å². The number of hydrogen-bond acceptors (Lipinski definition) is 4. The zero-order valence-electron chi connectivity index (χ0n) is 19.1. The molecule has 0 radical (unpaired) electrons. The molecule has 0 aliphatic carbocycles. The lowest BCUT2D eigenvalue weighted by molar-refractivity contribution is -0.121. The Morgan fingerprint density at radius 1 is 1.09 bits per heavy atom. The predicted octanol–water partition coefficient (Wildman–Crippen LogP) is 5.59. The fourth-order valence-corrected chi connectivity index (χ4v) is 4.05. The van der Waals surface area contributed by atoms with Crippen LogP contribution in [0.2, 0.25) is 0 Å². The van der Waals surface area contributed by atoms with Crippen molar-refractivity contribution in [2.24, 2.45) is 0 Å². The Bertz CT molecular complexity index is 1420. The molecule has 2 heterocycles. The van der Waals surface area contributed by atoms with Crippen molar-refractivity contribution in [3.05, 3.63) is 78.2 Å². The van der Waals surface area contributed by atoms with Gasteiger partial charge in [-0.3, -0.25) is 19.1 Å². The van der Waals surface area contributed by atoms with Crippen LogP contribution in [-0.2, 0) is 4.79 Å². The van der Waals surface area contributed by atoms with Crippen molar-refractivity contribution in [2.45, 2.75) is 32.6 Å². The third-order valence-corrected chi connectivity index (χ3v) is 5.82. The number of carbonyl (C=O) groups excluding carboxylic acids is 2. The lowest BCUT2D eigenvalue weighted by Crippen LogP contribution is -2.26. The smallest absolute Gasteiger partial charge is 0.232 e. The molecule has 34 heavy (non-hydrogen) atoms. The first kappa shape index (κ1) is 22.9. The fourth-order valence-electron chi connectivity index (χ4n) is 4.05. The summed E-state index contributed by atoms with van der Waals surface area (Å²) in [4.78, 5) is 29.0. The number of fused-ring (bicyclic) bond motifs is 2. The number of benzene rings is 2. The standard InChI is InChI=1S/C28H26N4O2/c1-2-3-11-27(33)31-15-13-28(34)32-19-25(24-9-4-5-10-26(24)32)22(17-29)16-20-7-6-8-21-18-30-14-12-23(20)21/h4-10,12,14,16,18-19H,2-3,11,13,15H2,1H3,(H,31,33)/b22-16+. The highest BCUT2D eigenvalue weighted by atomic mass is 16.2. The van der Waals surface area contributed by atoms with Gasteiger partial charge in [0, 0.05) is 54.3 Å². The number of nitrogens with one attached hydrogen (secondary N) is 1. The van der Waals surface area contributed by atoms with E-state index in [9.17, 15) is 14.9 Å². The molecular weight excluding hydrogens is 424 g/mol. The van der Waals surface area contributed by atoms with Crippen LogP contribution < -0.4 is 5.32 Å². The van der Waals surface area contributed by atoms with Gasteiger partial charge < -0.3 is 5.32 Å². The molecule has 0 aliphatic rings. The Kier molecular flexibility index (Phi) is 7.14. The van der Waals surface area contributed by atoms with Gasteiger partial charge in [-0.25, -0.2) is 0 Å². The van der Waals surface area contributed by atoms with Gasteiger partial charge in [-0.15, -0.1) is 0 Å². The van der Waals surface area contributed by atoms with Gasteiger partial charge in [0.2, 0.25) is 11.8 Å². The Morgan fingerprint density at radius 3 is 2.76 bits per heavy atom. The van der Waals surface area contributed by atoms with Crippen molar-refractivity contribution >= 4 is 45.1 Å². The van der Waals surface area contributed by atoms with Crippen molar-refractivity contribution in [1.29, 1.82) is 5.26 Å². The third-order valence-electron chi connectivity index (χ3n) is 5.82. The summed E-state index contributed by atoms with van der Waals surface area (Å²) < 4.78 is 1.58. The number of amides is 1.